The number of thiazole rings is 1. The lowest BCUT2D eigenvalue weighted by atomic mass is 10.1. The van der Waals surface area contributed by atoms with Crippen LogP contribution < -0.4 is 10.9 Å². The summed E-state index contributed by atoms with van der Waals surface area (Å²) in [4.78, 5) is 16.8. The molecule has 124 valence electrons. The maximum Gasteiger partial charge on any atom is 0.345 e. The van der Waals surface area contributed by atoms with Crippen LogP contribution in [0.3, 0.4) is 0 Å². The van der Waals surface area contributed by atoms with Crippen molar-refractivity contribution in [3.05, 3.63) is 75.5 Å². The van der Waals surface area contributed by atoms with Gasteiger partial charge in [0, 0.05) is 16.5 Å². The molecule has 1 N–H and O–H groups in total. The van der Waals surface area contributed by atoms with Gasteiger partial charge in [0.1, 0.15) is 5.58 Å². The molecule has 0 spiro atoms. The van der Waals surface area contributed by atoms with Crippen molar-refractivity contribution >= 4 is 33.1 Å². The van der Waals surface area contributed by atoms with Gasteiger partial charge in [-0.25, -0.2) is 9.78 Å². The van der Waals surface area contributed by atoms with Crippen molar-refractivity contribution in [2.75, 3.05) is 5.32 Å². The maximum absolute atomic E-state index is 12.3. The summed E-state index contributed by atoms with van der Waals surface area (Å²) >= 11 is 1.46. The van der Waals surface area contributed by atoms with Crippen LogP contribution in [0.5, 0.6) is 0 Å². The first kappa shape index (κ1) is 15.6. The number of anilines is 2. The highest BCUT2D eigenvalue weighted by molar-refractivity contribution is 7.14. The van der Waals surface area contributed by atoms with E-state index in [0.29, 0.717) is 16.8 Å². The summed E-state index contributed by atoms with van der Waals surface area (Å²) in [6, 6.07) is 15.5. The van der Waals surface area contributed by atoms with E-state index in [2.05, 4.69) is 36.3 Å². The molecule has 0 radical (unpaired) electrons. The Hall–Kier alpha value is -2.92. The van der Waals surface area contributed by atoms with Gasteiger partial charge < -0.3 is 9.73 Å². The Morgan fingerprint density at radius 2 is 1.88 bits per heavy atom. The smallest absolute Gasteiger partial charge is 0.345 e. The fraction of sp³-hybridized carbons (Fsp3) is 0.100. The molecule has 0 aliphatic heterocycles. The van der Waals surface area contributed by atoms with E-state index in [-0.39, 0.29) is 5.63 Å². The second-order valence-electron chi connectivity index (χ2n) is 5.95. The molecule has 0 bridgehead atoms. The summed E-state index contributed by atoms with van der Waals surface area (Å²) < 4.78 is 5.39. The Morgan fingerprint density at radius 1 is 1.04 bits per heavy atom. The van der Waals surface area contributed by atoms with Crippen LogP contribution in [0.1, 0.15) is 11.1 Å². The van der Waals surface area contributed by atoms with Gasteiger partial charge in [0.25, 0.3) is 0 Å². The van der Waals surface area contributed by atoms with E-state index in [1.165, 1.54) is 22.5 Å². The van der Waals surface area contributed by atoms with Crippen LogP contribution >= 0.6 is 11.3 Å². The number of rotatable bonds is 3. The first-order valence-electron chi connectivity index (χ1n) is 7.93. The van der Waals surface area contributed by atoms with Gasteiger partial charge >= 0.3 is 5.63 Å². The van der Waals surface area contributed by atoms with Crippen molar-refractivity contribution in [2.24, 2.45) is 0 Å². The van der Waals surface area contributed by atoms with Gasteiger partial charge in [-0.1, -0.05) is 24.3 Å². The number of aromatic nitrogens is 1. The van der Waals surface area contributed by atoms with Crippen LogP contribution in [0.25, 0.3) is 22.2 Å². The van der Waals surface area contributed by atoms with Crippen LogP contribution in [-0.4, -0.2) is 4.98 Å². The lowest BCUT2D eigenvalue weighted by Gasteiger charge is -2.05. The van der Waals surface area contributed by atoms with E-state index < -0.39 is 0 Å². The van der Waals surface area contributed by atoms with Crippen LogP contribution in [0.2, 0.25) is 0 Å². The predicted octanol–water partition coefficient (Wildman–Crippen LogP) is 5.28. The third kappa shape index (κ3) is 3.06. The number of fused-ring (bicyclic) bond motifs is 1. The van der Waals surface area contributed by atoms with Crippen LogP contribution in [0.15, 0.2) is 63.1 Å². The number of hydrogen-bond acceptors (Lipinski definition) is 5. The molecule has 4 aromatic rings. The number of nitrogens with zero attached hydrogens (tertiary/aromatic N) is 1. The first-order chi connectivity index (χ1) is 12.1. The standard InChI is InChI=1S/C20H16N2O2S/c1-12-7-8-15(9-13(12)2)21-20-22-17(11-25-20)16-10-14-5-3-4-6-18(14)24-19(16)23/h3-11H,1-2H3,(H,21,22). The molecule has 0 atom stereocenters. The Labute approximate surface area is 148 Å². The van der Waals surface area contributed by atoms with Gasteiger partial charge in [0.2, 0.25) is 0 Å². The minimum Gasteiger partial charge on any atom is -0.422 e. The summed E-state index contributed by atoms with van der Waals surface area (Å²) in [6.07, 6.45) is 0. The zero-order chi connectivity index (χ0) is 17.4. The lowest BCUT2D eigenvalue weighted by Crippen LogP contribution is -2.02. The average molecular weight is 348 g/mol. The highest BCUT2D eigenvalue weighted by Gasteiger charge is 2.11. The second-order valence-corrected chi connectivity index (χ2v) is 6.81. The molecule has 0 saturated carbocycles. The van der Waals surface area contributed by atoms with Gasteiger partial charge in [-0.05, 0) is 49.2 Å². The van der Waals surface area contributed by atoms with Gasteiger partial charge in [0.15, 0.2) is 5.13 Å². The van der Waals surface area contributed by atoms with Crippen molar-refractivity contribution in [1.82, 2.24) is 4.98 Å². The van der Waals surface area contributed by atoms with Gasteiger partial charge in [-0.3, -0.25) is 0 Å². The molecule has 0 aliphatic rings. The Kier molecular flexibility index (Phi) is 3.86. The molecule has 4 rings (SSSR count). The van der Waals surface area contributed by atoms with E-state index >= 15 is 0 Å². The topological polar surface area (TPSA) is 55.1 Å². The normalized spacial score (nSPS) is 11.0. The Bertz CT molecular complexity index is 1130. The van der Waals surface area contributed by atoms with Crippen molar-refractivity contribution in [1.29, 1.82) is 0 Å². The number of nitrogens with one attached hydrogen (secondary N) is 1. The van der Waals surface area contributed by atoms with E-state index in [1.54, 1.807) is 6.07 Å². The SMILES string of the molecule is Cc1ccc(Nc2nc(-c3cc4ccccc4oc3=O)cs2)cc1C. The monoisotopic (exact) mass is 348 g/mol. The summed E-state index contributed by atoms with van der Waals surface area (Å²) in [7, 11) is 0. The largest absolute Gasteiger partial charge is 0.422 e. The molecule has 0 aliphatic carbocycles. The van der Waals surface area contributed by atoms with Crippen LogP contribution in [0.4, 0.5) is 10.8 Å². The molecule has 0 fully saturated rings. The minimum absolute atomic E-state index is 0.373. The number of hydrogen-bond donors (Lipinski definition) is 1. The molecule has 5 heteroatoms. The fourth-order valence-corrected chi connectivity index (χ4v) is 3.37. The molecule has 0 saturated heterocycles. The van der Waals surface area contributed by atoms with Crippen molar-refractivity contribution in [2.45, 2.75) is 13.8 Å². The Morgan fingerprint density at radius 3 is 2.72 bits per heavy atom. The maximum atomic E-state index is 12.3. The quantitative estimate of drug-likeness (QED) is 0.512. The zero-order valence-corrected chi connectivity index (χ0v) is 14.7. The average Bonchev–Trinajstić information content (AvgIpc) is 3.06. The second kappa shape index (κ2) is 6.18. The summed E-state index contributed by atoms with van der Waals surface area (Å²) in [6.45, 7) is 4.16. The van der Waals surface area contributed by atoms with Crippen molar-refractivity contribution in [3.8, 4) is 11.3 Å². The highest BCUT2D eigenvalue weighted by Crippen LogP contribution is 2.27. The summed E-state index contributed by atoms with van der Waals surface area (Å²) in [5.41, 5.74) is 4.76. The van der Waals surface area contributed by atoms with E-state index in [0.717, 1.165) is 16.2 Å². The molecule has 4 nitrogen and oxygen atoms in total. The number of benzene rings is 2. The van der Waals surface area contributed by atoms with E-state index in [4.69, 9.17) is 4.42 Å². The minimum atomic E-state index is -0.373. The van der Waals surface area contributed by atoms with Gasteiger partial charge in [-0.2, -0.15) is 0 Å². The fourth-order valence-electron chi connectivity index (χ4n) is 2.64. The summed E-state index contributed by atoms with van der Waals surface area (Å²) in [5, 5.41) is 6.78. The van der Waals surface area contributed by atoms with Gasteiger partial charge in [-0.15, -0.1) is 11.3 Å². The third-order valence-electron chi connectivity index (χ3n) is 4.18. The molecular weight excluding hydrogens is 332 g/mol. The predicted molar refractivity (Wildman–Crippen MR) is 103 cm³/mol. The zero-order valence-electron chi connectivity index (χ0n) is 13.9. The molecule has 2 aromatic carbocycles. The van der Waals surface area contributed by atoms with Crippen LogP contribution in [-0.2, 0) is 0 Å². The third-order valence-corrected chi connectivity index (χ3v) is 4.94. The Balaban J connectivity index is 1.68. The molecule has 25 heavy (non-hydrogen) atoms. The molecule has 0 amide bonds. The molecule has 2 aromatic heterocycles. The number of aryl methyl sites for hydroxylation is 2. The first-order valence-corrected chi connectivity index (χ1v) is 8.81. The highest BCUT2D eigenvalue weighted by atomic mass is 32.1. The van der Waals surface area contributed by atoms with E-state index in [9.17, 15) is 4.79 Å². The van der Waals surface area contributed by atoms with E-state index in [1.807, 2.05) is 35.7 Å². The van der Waals surface area contributed by atoms with Gasteiger partial charge in [0.05, 0.1) is 11.3 Å². The van der Waals surface area contributed by atoms with Crippen molar-refractivity contribution in [3.63, 3.8) is 0 Å². The molecule has 0 unspecified atom stereocenters. The molecular formula is C20H16N2O2S. The van der Waals surface area contributed by atoms with Crippen molar-refractivity contribution < 1.29 is 4.42 Å². The summed E-state index contributed by atoms with van der Waals surface area (Å²) in [5.74, 6) is 0. The van der Waals surface area contributed by atoms with Crippen LogP contribution in [0, 0.1) is 13.8 Å². The lowest BCUT2D eigenvalue weighted by molar-refractivity contribution is 0.563. The number of para-hydroxylation sites is 1. The molecule has 2 heterocycles.